The summed E-state index contributed by atoms with van der Waals surface area (Å²) in [6.07, 6.45) is 2.67. The topological polar surface area (TPSA) is 127 Å². The number of anilines is 3. The smallest absolute Gasteiger partial charge is 0.322 e. The molecule has 2 amide bonds. The van der Waals surface area contributed by atoms with Crippen LogP contribution in [0.5, 0.6) is 5.88 Å². The number of hydrogen-bond acceptors (Lipinski definition) is 8. The van der Waals surface area contributed by atoms with Gasteiger partial charge in [0.1, 0.15) is 5.82 Å². The van der Waals surface area contributed by atoms with E-state index >= 15 is 0 Å². The van der Waals surface area contributed by atoms with E-state index in [1.54, 1.807) is 24.1 Å². The lowest BCUT2D eigenvalue weighted by atomic mass is 9.99. The average molecular weight is 454 g/mol. The zero-order chi connectivity index (χ0) is 23.7. The fraction of sp³-hybridized carbons (Fsp3) is 0.500. The normalized spacial score (nSPS) is 16.5. The summed E-state index contributed by atoms with van der Waals surface area (Å²) in [7, 11) is 3.40. The lowest BCUT2D eigenvalue weighted by Gasteiger charge is -2.43. The molecule has 0 radical (unpaired) electrons. The molecular weight excluding hydrogens is 422 g/mol. The van der Waals surface area contributed by atoms with E-state index in [-0.39, 0.29) is 18.0 Å². The lowest BCUT2D eigenvalue weighted by Crippen LogP contribution is -2.56. The minimum atomic E-state index is -0.146. The van der Waals surface area contributed by atoms with Gasteiger partial charge in [-0.05, 0) is 25.3 Å². The number of fused-ring (bicyclic) bond motifs is 1. The van der Waals surface area contributed by atoms with Crippen LogP contribution in [-0.2, 0) is 7.05 Å². The van der Waals surface area contributed by atoms with Gasteiger partial charge in [0.15, 0.2) is 5.65 Å². The van der Waals surface area contributed by atoms with E-state index in [0.29, 0.717) is 48.5 Å². The van der Waals surface area contributed by atoms with Crippen molar-refractivity contribution in [3.05, 3.63) is 24.0 Å². The van der Waals surface area contributed by atoms with Crippen LogP contribution in [0.4, 0.5) is 22.2 Å². The zero-order valence-corrected chi connectivity index (χ0v) is 19.7. The Hall–Kier alpha value is -3.63. The van der Waals surface area contributed by atoms with Gasteiger partial charge >= 0.3 is 6.03 Å². The Bertz CT molecular complexity index is 1160. The number of piperazine rings is 1. The van der Waals surface area contributed by atoms with Gasteiger partial charge in [0, 0.05) is 38.8 Å². The number of carbonyl (C=O) groups is 1. The second-order valence-corrected chi connectivity index (χ2v) is 8.75. The van der Waals surface area contributed by atoms with Crippen molar-refractivity contribution < 1.29 is 9.53 Å². The van der Waals surface area contributed by atoms with Crippen LogP contribution in [0.25, 0.3) is 11.0 Å². The zero-order valence-electron chi connectivity index (χ0n) is 19.7. The second kappa shape index (κ2) is 9.08. The van der Waals surface area contributed by atoms with Crippen LogP contribution in [0.15, 0.2) is 18.3 Å². The molecule has 0 spiro atoms. The van der Waals surface area contributed by atoms with Gasteiger partial charge in [0.25, 0.3) is 0 Å². The molecule has 33 heavy (non-hydrogen) atoms. The second-order valence-electron chi connectivity index (χ2n) is 8.75. The molecular formula is C22H31N9O2. The first-order valence-electron chi connectivity index (χ1n) is 11.1. The van der Waals surface area contributed by atoms with Crippen LogP contribution in [0.3, 0.4) is 0 Å². The van der Waals surface area contributed by atoms with Crippen molar-refractivity contribution in [2.45, 2.75) is 33.2 Å². The van der Waals surface area contributed by atoms with Gasteiger partial charge in [0.2, 0.25) is 11.8 Å². The number of nitrogen functional groups attached to an aromatic ring is 1. The van der Waals surface area contributed by atoms with Crippen LogP contribution in [0.2, 0.25) is 0 Å². The molecule has 0 unspecified atom stereocenters. The van der Waals surface area contributed by atoms with Crippen molar-refractivity contribution in [1.29, 1.82) is 0 Å². The minimum Gasteiger partial charge on any atom is -0.481 e. The first-order valence-corrected chi connectivity index (χ1v) is 11.1. The van der Waals surface area contributed by atoms with Crippen LogP contribution >= 0.6 is 0 Å². The third kappa shape index (κ3) is 4.62. The summed E-state index contributed by atoms with van der Waals surface area (Å²) in [6, 6.07) is 3.48. The number of methoxy groups -OCH3 is 1. The molecule has 1 fully saturated rings. The Labute approximate surface area is 192 Å². The van der Waals surface area contributed by atoms with E-state index in [0.717, 1.165) is 17.6 Å². The predicted octanol–water partition coefficient (Wildman–Crippen LogP) is 2.43. The van der Waals surface area contributed by atoms with Gasteiger partial charge in [-0.25, -0.2) is 9.78 Å². The highest BCUT2D eigenvalue weighted by Crippen LogP contribution is 2.30. The van der Waals surface area contributed by atoms with E-state index < -0.39 is 0 Å². The maximum absolute atomic E-state index is 13.1. The molecule has 4 heterocycles. The number of ether oxygens (including phenoxy) is 1. The van der Waals surface area contributed by atoms with Crippen molar-refractivity contribution in [2.24, 2.45) is 13.0 Å². The maximum atomic E-state index is 13.1. The minimum absolute atomic E-state index is 0.0808. The monoisotopic (exact) mass is 453 g/mol. The van der Waals surface area contributed by atoms with Gasteiger partial charge in [-0.15, -0.1) is 0 Å². The molecule has 0 bridgehead atoms. The highest BCUT2D eigenvalue weighted by atomic mass is 16.5. The van der Waals surface area contributed by atoms with Gasteiger partial charge in [0.05, 0.1) is 30.1 Å². The van der Waals surface area contributed by atoms with Crippen molar-refractivity contribution in [1.82, 2.24) is 29.6 Å². The molecule has 3 N–H and O–H groups in total. The van der Waals surface area contributed by atoms with E-state index in [2.05, 4.69) is 44.1 Å². The molecule has 0 saturated carbocycles. The number of hydrogen-bond donors (Lipinski definition) is 2. The van der Waals surface area contributed by atoms with E-state index in [4.69, 9.17) is 10.5 Å². The lowest BCUT2D eigenvalue weighted by molar-refractivity contribution is 0.193. The summed E-state index contributed by atoms with van der Waals surface area (Å²) in [6.45, 7) is 7.95. The molecule has 1 saturated heterocycles. The molecule has 4 rings (SSSR count). The van der Waals surface area contributed by atoms with Crippen LogP contribution in [0.1, 0.15) is 26.0 Å². The molecule has 11 heteroatoms. The first kappa shape index (κ1) is 22.6. The number of amides is 2. The Kier molecular flexibility index (Phi) is 6.21. The average Bonchev–Trinajstić information content (AvgIpc) is 3.14. The number of rotatable bonds is 5. The fourth-order valence-electron chi connectivity index (χ4n) is 4.29. The van der Waals surface area contributed by atoms with Crippen molar-refractivity contribution >= 4 is 34.5 Å². The number of pyridine rings is 1. The number of nitrogens with two attached hydrogens (primary N) is 1. The summed E-state index contributed by atoms with van der Waals surface area (Å²) in [5.41, 5.74) is 8.10. The maximum Gasteiger partial charge on any atom is 0.322 e. The number of aryl methyl sites for hydroxylation is 2. The van der Waals surface area contributed by atoms with E-state index in [1.807, 2.05) is 24.9 Å². The molecule has 0 aliphatic carbocycles. The SMILES string of the molecule is COc1ccc(NC(=O)N2CCN(c3nc(N)nc4c3cnn4C)[C@@H](CC(C)C)C2)c(C)n1. The molecule has 176 valence electrons. The van der Waals surface area contributed by atoms with Gasteiger partial charge < -0.3 is 25.6 Å². The molecule has 0 aromatic carbocycles. The Morgan fingerprint density at radius 2 is 2.06 bits per heavy atom. The van der Waals surface area contributed by atoms with Crippen molar-refractivity contribution in [3.8, 4) is 5.88 Å². The summed E-state index contributed by atoms with van der Waals surface area (Å²) >= 11 is 0. The summed E-state index contributed by atoms with van der Waals surface area (Å²) in [5, 5.41) is 8.18. The Morgan fingerprint density at radius 3 is 2.76 bits per heavy atom. The first-order chi connectivity index (χ1) is 15.8. The van der Waals surface area contributed by atoms with Crippen molar-refractivity contribution in [3.63, 3.8) is 0 Å². The summed E-state index contributed by atoms with van der Waals surface area (Å²) < 4.78 is 6.85. The van der Waals surface area contributed by atoms with Crippen LogP contribution in [-0.4, -0.2) is 68.4 Å². The summed E-state index contributed by atoms with van der Waals surface area (Å²) in [4.78, 5) is 30.4. The standard InChI is InChI=1S/C22H31N9O2/c1-13(2)10-15-12-30(22(32)26-17-6-7-18(33-5)25-14(17)3)8-9-31(15)20-16-11-24-29(4)19(16)27-21(23)28-20/h6-7,11,13,15H,8-10,12H2,1-5H3,(H,26,32)(H2,23,27,28)/t15-/m0/s1. The molecule has 1 aliphatic rings. The highest BCUT2D eigenvalue weighted by Gasteiger charge is 2.32. The third-order valence-electron chi connectivity index (χ3n) is 5.89. The summed E-state index contributed by atoms with van der Waals surface area (Å²) in [5.74, 6) is 1.94. The van der Waals surface area contributed by atoms with Gasteiger partial charge in [-0.3, -0.25) is 4.68 Å². The van der Waals surface area contributed by atoms with E-state index in [1.165, 1.54) is 0 Å². The number of nitrogens with one attached hydrogen (secondary N) is 1. The van der Waals surface area contributed by atoms with E-state index in [9.17, 15) is 4.79 Å². The van der Waals surface area contributed by atoms with Crippen LogP contribution < -0.4 is 20.7 Å². The molecule has 1 aliphatic heterocycles. The van der Waals surface area contributed by atoms with Crippen LogP contribution in [0, 0.1) is 12.8 Å². The Balaban J connectivity index is 1.57. The number of urea groups is 1. The number of aromatic nitrogens is 5. The third-order valence-corrected chi connectivity index (χ3v) is 5.89. The Morgan fingerprint density at radius 1 is 1.27 bits per heavy atom. The predicted molar refractivity (Wildman–Crippen MR) is 127 cm³/mol. The molecule has 3 aromatic heterocycles. The quantitative estimate of drug-likeness (QED) is 0.603. The van der Waals surface area contributed by atoms with Gasteiger partial charge in [-0.1, -0.05) is 13.8 Å². The molecule has 11 nitrogen and oxygen atoms in total. The largest absolute Gasteiger partial charge is 0.481 e. The van der Waals surface area contributed by atoms with Gasteiger partial charge in [-0.2, -0.15) is 15.1 Å². The number of carbonyl (C=O) groups excluding carboxylic acids is 1. The van der Waals surface area contributed by atoms with Crippen molar-refractivity contribution in [2.75, 3.05) is 42.7 Å². The number of nitrogens with zero attached hydrogens (tertiary/aromatic N) is 7. The fourth-order valence-corrected chi connectivity index (χ4v) is 4.29. The molecule has 3 aromatic rings. The highest BCUT2D eigenvalue weighted by molar-refractivity contribution is 5.91. The molecule has 1 atom stereocenters.